The predicted molar refractivity (Wildman–Crippen MR) is 115 cm³/mol. The quantitative estimate of drug-likeness (QED) is 0.524. The lowest BCUT2D eigenvalue weighted by molar-refractivity contribution is 0.252. The minimum atomic E-state index is -4.82. The van der Waals surface area contributed by atoms with Gasteiger partial charge in [-0.2, -0.15) is 5.26 Å². The molecule has 0 spiro atoms. The molecule has 0 aliphatic rings. The van der Waals surface area contributed by atoms with E-state index < -0.39 is 47.2 Å². The Labute approximate surface area is 182 Å². The summed E-state index contributed by atoms with van der Waals surface area (Å²) < 4.78 is 69.3. The molecule has 0 saturated carbocycles. The summed E-state index contributed by atoms with van der Waals surface area (Å²) in [5, 5.41) is 9.44. The highest BCUT2D eigenvalue weighted by molar-refractivity contribution is 9.10. The smallest absolute Gasteiger partial charge is 0.225 e. The van der Waals surface area contributed by atoms with Crippen molar-refractivity contribution in [3.05, 3.63) is 46.7 Å². The van der Waals surface area contributed by atoms with E-state index in [-0.39, 0.29) is 12.0 Å². The molecule has 0 aromatic heterocycles. The molecule has 162 valence electrons. The Bertz CT molecular complexity index is 957. The third-order valence-electron chi connectivity index (χ3n) is 4.47. The van der Waals surface area contributed by atoms with Crippen LogP contribution in [0.1, 0.15) is 46.6 Å². The van der Waals surface area contributed by atoms with Crippen molar-refractivity contribution in [3.8, 4) is 6.07 Å². The molecule has 0 radical (unpaired) electrons. The molecule has 1 aromatic carbocycles. The highest BCUT2D eigenvalue weighted by atomic mass is 79.9. The van der Waals surface area contributed by atoms with Crippen LogP contribution in [0.3, 0.4) is 0 Å². The van der Waals surface area contributed by atoms with E-state index in [9.17, 15) is 22.3 Å². The molecular formula is C19H25BrF2N2O3S2. The summed E-state index contributed by atoms with van der Waals surface area (Å²) in [6, 6.07) is 5.27. The number of nitrogens with one attached hydrogen (secondary N) is 1. The van der Waals surface area contributed by atoms with Crippen molar-refractivity contribution in [2.24, 2.45) is 0 Å². The molecule has 29 heavy (non-hydrogen) atoms. The Morgan fingerprint density at radius 3 is 2.34 bits per heavy atom. The van der Waals surface area contributed by atoms with E-state index in [1.165, 1.54) is 18.2 Å². The topological polar surface area (TPSA) is 87.0 Å². The van der Waals surface area contributed by atoms with Crippen LogP contribution in [-0.4, -0.2) is 27.6 Å². The number of benzene rings is 1. The molecule has 1 rings (SSSR count). The highest BCUT2D eigenvalue weighted by Gasteiger charge is 2.55. The molecule has 1 aromatic rings. The summed E-state index contributed by atoms with van der Waals surface area (Å²) in [7, 11) is -6.77. The number of allylic oxidation sites excluding steroid dienone is 1. The minimum absolute atomic E-state index is 0.328. The fraction of sp³-hybridized carbons (Fsp3) is 0.526. The van der Waals surface area contributed by atoms with Gasteiger partial charge in [0.15, 0.2) is 4.75 Å². The summed E-state index contributed by atoms with van der Waals surface area (Å²) in [4.78, 5) is 0. The van der Waals surface area contributed by atoms with Crippen LogP contribution in [-0.2, 0) is 26.4 Å². The standard InChI is InChI=1S/C19H25BrF2N2O3S2/c1-7-10-18(5,12-23)29(26,27)16(22)19(6,24-28(25)17(2,3)4)14-11-13(20)8-9-15(14)21/h7-9,11,16,24H,1,10H2,2-6H3/t16?,18-,19?,28?/m0/s1. The number of alkyl halides is 1. The number of nitrogens with zero attached hydrogens (tertiary/aromatic N) is 1. The minimum Gasteiger partial charge on any atom is -0.242 e. The monoisotopic (exact) mass is 510 g/mol. The van der Waals surface area contributed by atoms with Crippen LogP contribution in [0, 0.1) is 17.1 Å². The summed E-state index contributed by atoms with van der Waals surface area (Å²) in [5.41, 5.74) is -5.36. The zero-order valence-corrected chi connectivity index (χ0v) is 20.1. The first kappa shape index (κ1) is 25.9. The zero-order chi connectivity index (χ0) is 22.8. The molecule has 0 aliphatic heterocycles. The van der Waals surface area contributed by atoms with Gasteiger partial charge in [-0.1, -0.05) is 22.0 Å². The lowest BCUT2D eigenvalue weighted by atomic mass is 9.94. The molecule has 0 amide bonds. The maximum atomic E-state index is 15.8. The Balaban J connectivity index is 3.77. The lowest BCUT2D eigenvalue weighted by Crippen LogP contribution is -2.57. The van der Waals surface area contributed by atoms with Crippen molar-refractivity contribution in [3.63, 3.8) is 0 Å². The average molecular weight is 511 g/mol. The number of halogens is 3. The summed E-state index contributed by atoms with van der Waals surface area (Å²) in [6.45, 7) is 10.4. The van der Waals surface area contributed by atoms with Gasteiger partial charge in [-0.25, -0.2) is 26.1 Å². The molecule has 0 bridgehead atoms. The van der Waals surface area contributed by atoms with E-state index in [2.05, 4.69) is 27.2 Å². The van der Waals surface area contributed by atoms with Crippen molar-refractivity contribution >= 4 is 36.8 Å². The van der Waals surface area contributed by atoms with Crippen LogP contribution in [0.25, 0.3) is 0 Å². The maximum absolute atomic E-state index is 15.8. The lowest BCUT2D eigenvalue weighted by Gasteiger charge is -2.38. The predicted octanol–water partition coefficient (Wildman–Crippen LogP) is 4.42. The summed E-state index contributed by atoms with van der Waals surface area (Å²) in [5.74, 6) is -0.880. The van der Waals surface area contributed by atoms with Crippen LogP contribution in [0.15, 0.2) is 35.3 Å². The number of sulfone groups is 1. The van der Waals surface area contributed by atoms with Crippen molar-refractivity contribution in [2.45, 2.75) is 61.6 Å². The second-order valence-corrected chi connectivity index (χ2v) is 13.3. The van der Waals surface area contributed by atoms with Gasteiger partial charge in [0.25, 0.3) is 0 Å². The first-order valence-electron chi connectivity index (χ1n) is 8.61. The average Bonchev–Trinajstić information content (AvgIpc) is 2.61. The molecule has 0 fully saturated rings. The van der Waals surface area contributed by atoms with Gasteiger partial charge in [-0.3, -0.25) is 0 Å². The van der Waals surface area contributed by atoms with Gasteiger partial charge in [0, 0.05) is 10.0 Å². The van der Waals surface area contributed by atoms with Gasteiger partial charge in [0.2, 0.25) is 15.3 Å². The number of nitriles is 1. The van der Waals surface area contributed by atoms with Gasteiger partial charge in [-0.15, -0.1) is 6.58 Å². The molecule has 0 aliphatic carbocycles. The van der Waals surface area contributed by atoms with Crippen molar-refractivity contribution < 1.29 is 21.4 Å². The highest BCUT2D eigenvalue weighted by Crippen LogP contribution is 2.39. The van der Waals surface area contributed by atoms with Gasteiger partial charge in [0.05, 0.1) is 21.8 Å². The molecule has 5 nitrogen and oxygen atoms in total. The van der Waals surface area contributed by atoms with Crippen molar-refractivity contribution in [1.29, 1.82) is 5.26 Å². The fourth-order valence-corrected chi connectivity index (χ4v) is 5.59. The zero-order valence-electron chi connectivity index (χ0n) is 16.9. The van der Waals surface area contributed by atoms with Crippen LogP contribution >= 0.6 is 15.9 Å². The van der Waals surface area contributed by atoms with Crippen LogP contribution < -0.4 is 4.72 Å². The number of hydrogen-bond acceptors (Lipinski definition) is 4. The number of rotatable bonds is 8. The molecule has 3 unspecified atom stereocenters. The molecule has 10 heteroatoms. The van der Waals surface area contributed by atoms with Crippen LogP contribution in [0.2, 0.25) is 0 Å². The molecule has 1 N–H and O–H groups in total. The molecular weight excluding hydrogens is 486 g/mol. The van der Waals surface area contributed by atoms with Gasteiger partial charge < -0.3 is 0 Å². The Kier molecular flexibility index (Phi) is 7.96. The normalized spacial score (nSPS) is 18.7. The van der Waals surface area contributed by atoms with E-state index in [4.69, 9.17) is 0 Å². The third-order valence-corrected chi connectivity index (χ3v) is 9.22. The largest absolute Gasteiger partial charge is 0.242 e. The molecule has 0 saturated heterocycles. The first-order chi connectivity index (χ1) is 13.1. The first-order valence-corrected chi connectivity index (χ1v) is 12.1. The second-order valence-electron chi connectivity index (χ2n) is 8.01. The second kappa shape index (κ2) is 8.92. The maximum Gasteiger partial charge on any atom is 0.225 e. The van der Waals surface area contributed by atoms with E-state index in [0.717, 1.165) is 19.9 Å². The van der Waals surface area contributed by atoms with E-state index in [0.29, 0.717) is 4.47 Å². The van der Waals surface area contributed by atoms with Crippen molar-refractivity contribution in [1.82, 2.24) is 4.72 Å². The van der Waals surface area contributed by atoms with Crippen LogP contribution in [0.5, 0.6) is 0 Å². The number of hydrogen-bond donors (Lipinski definition) is 1. The molecule has 4 atom stereocenters. The summed E-state index contributed by atoms with van der Waals surface area (Å²) >= 11 is 3.16. The summed E-state index contributed by atoms with van der Waals surface area (Å²) in [6.07, 6.45) is 0.872. The third kappa shape index (κ3) is 5.13. The van der Waals surface area contributed by atoms with E-state index >= 15 is 4.39 Å². The van der Waals surface area contributed by atoms with E-state index in [1.54, 1.807) is 26.8 Å². The Hall–Kier alpha value is -1.15. The van der Waals surface area contributed by atoms with Gasteiger partial charge in [-0.05, 0) is 59.2 Å². The van der Waals surface area contributed by atoms with Gasteiger partial charge in [0.1, 0.15) is 11.4 Å². The van der Waals surface area contributed by atoms with E-state index in [1.807, 2.05) is 0 Å². The molecule has 0 heterocycles. The van der Waals surface area contributed by atoms with Gasteiger partial charge >= 0.3 is 0 Å². The van der Waals surface area contributed by atoms with Crippen LogP contribution in [0.4, 0.5) is 8.78 Å². The van der Waals surface area contributed by atoms with Crippen molar-refractivity contribution in [2.75, 3.05) is 0 Å². The Morgan fingerprint density at radius 2 is 1.90 bits per heavy atom. The Morgan fingerprint density at radius 1 is 1.34 bits per heavy atom. The fourth-order valence-electron chi connectivity index (χ4n) is 2.50. The SMILES string of the molecule is C=CC[C@@](C)(C#N)S(=O)(=O)C(F)C(C)(NS(=O)C(C)(C)C)c1cc(Br)ccc1F.